The van der Waals surface area contributed by atoms with Crippen molar-refractivity contribution in [2.24, 2.45) is 17.8 Å². The van der Waals surface area contributed by atoms with Crippen LogP contribution in [0.5, 0.6) is 0 Å². The molecule has 0 aromatic heterocycles. The first-order valence-corrected chi connectivity index (χ1v) is 8.66. The van der Waals surface area contributed by atoms with Crippen molar-refractivity contribution in [1.29, 1.82) is 0 Å². The summed E-state index contributed by atoms with van der Waals surface area (Å²) in [4.78, 5) is 0. The number of hydrogen-bond acceptors (Lipinski definition) is 1. The van der Waals surface area contributed by atoms with Gasteiger partial charge in [-0.1, -0.05) is 64.0 Å². The molecule has 0 amide bonds. The first-order valence-electron chi connectivity index (χ1n) is 8.66. The second kappa shape index (κ2) is 8.79. The van der Waals surface area contributed by atoms with Gasteiger partial charge in [-0.25, -0.2) is 0 Å². The van der Waals surface area contributed by atoms with Crippen molar-refractivity contribution in [2.45, 2.75) is 71.1 Å². The fourth-order valence-electron chi connectivity index (χ4n) is 3.66. The summed E-state index contributed by atoms with van der Waals surface area (Å²) >= 11 is 0. The Balaban J connectivity index is 1.34. The van der Waals surface area contributed by atoms with Crippen molar-refractivity contribution < 1.29 is 4.74 Å². The number of hydrogen-bond donors (Lipinski definition) is 0. The van der Waals surface area contributed by atoms with Gasteiger partial charge in [-0.15, -0.1) is 0 Å². The van der Waals surface area contributed by atoms with E-state index in [4.69, 9.17) is 4.74 Å². The van der Waals surface area contributed by atoms with Gasteiger partial charge in [-0.2, -0.15) is 0 Å². The van der Waals surface area contributed by atoms with E-state index < -0.39 is 0 Å². The van der Waals surface area contributed by atoms with Gasteiger partial charge in [0.2, 0.25) is 0 Å². The predicted octanol–water partition coefficient (Wildman–Crippen LogP) is 5.36. The van der Waals surface area contributed by atoms with Gasteiger partial charge in [0.15, 0.2) is 0 Å². The fourth-order valence-corrected chi connectivity index (χ4v) is 3.66. The molecule has 0 heterocycles. The van der Waals surface area contributed by atoms with Gasteiger partial charge in [-0.3, -0.25) is 0 Å². The molecule has 0 aliphatic heterocycles. The number of fused-ring (bicyclic) bond motifs is 2. The van der Waals surface area contributed by atoms with Gasteiger partial charge in [-0.05, 0) is 37.0 Å². The zero-order valence-electron chi connectivity index (χ0n) is 12.8. The molecule has 0 aromatic carbocycles. The number of allylic oxidation sites excluding steroid dienone is 2. The number of rotatable bonds is 11. The lowest BCUT2D eigenvalue weighted by atomic mass is 9.95. The lowest BCUT2D eigenvalue weighted by Gasteiger charge is -2.17. The van der Waals surface area contributed by atoms with E-state index in [-0.39, 0.29) is 0 Å². The van der Waals surface area contributed by atoms with E-state index >= 15 is 0 Å². The Morgan fingerprint density at radius 1 is 0.895 bits per heavy atom. The molecule has 1 fully saturated rings. The minimum atomic E-state index is 0.837. The average Bonchev–Trinajstić information content (AvgIpc) is 3.03. The minimum absolute atomic E-state index is 0.837. The Bertz CT molecular complexity index is 258. The molecule has 1 saturated carbocycles. The summed E-state index contributed by atoms with van der Waals surface area (Å²) in [5.74, 6) is 2.58. The van der Waals surface area contributed by atoms with E-state index in [9.17, 15) is 0 Å². The third kappa shape index (κ3) is 5.30. The van der Waals surface area contributed by atoms with Crippen LogP contribution in [0.2, 0.25) is 0 Å². The van der Waals surface area contributed by atoms with Crippen molar-refractivity contribution in [3.8, 4) is 0 Å². The first kappa shape index (κ1) is 15.1. The molecule has 0 aromatic rings. The highest BCUT2D eigenvalue weighted by Gasteiger charge is 2.35. The van der Waals surface area contributed by atoms with Crippen LogP contribution in [0.15, 0.2) is 12.2 Å². The molecule has 1 nitrogen and oxygen atoms in total. The molecule has 0 N–H and O–H groups in total. The van der Waals surface area contributed by atoms with Gasteiger partial charge in [0.05, 0.1) is 0 Å². The second-order valence-electron chi connectivity index (χ2n) is 6.59. The summed E-state index contributed by atoms with van der Waals surface area (Å²) < 4.78 is 5.88. The maximum Gasteiger partial charge on any atom is 0.0500 e. The predicted molar refractivity (Wildman–Crippen MR) is 82.3 cm³/mol. The van der Waals surface area contributed by atoms with Crippen LogP contribution in [0.25, 0.3) is 0 Å². The minimum Gasteiger partial charge on any atom is -0.381 e. The molecule has 0 radical (unpaired) electrons. The zero-order chi connectivity index (χ0) is 13.3. The van der Waals surface area contributed by atoms with Crippen LogP contribution in [0.3, 0.4) is 0 Å². The van der Waals surface area contributed by atoms with Crippen LogP contribution in [0.4, 0.5) is 0 Å². The maximum atomic E-state index is 5.88. The van der Waals surface area contributed by atoms with Crippen LogP contribution >= 0.6 is 0 Å². The standard InChI is InChI=1S/C18H32O/c1-2-3-4-5-6-7-8-9-12-19-15-18-14-16-10-11-17(18)13-16/h10-11,16-18H,2-9,12-15H2,1H3. The van der Waals surface area contributed by atoms with Gasteiger partial charge in [0.25, 0.3) is 0 Å². The molecule has 3 atom stereocenters. The summed E-state index contributed by atoms with van der Waals surface area (Å²) in [6.45, 7) is 4.29. The molecule has 2 bridgehead atoms. The zero-order valence-corrected chi connectivity index (χ0v) is 12.8. The maximum absolute atomic E-state index is 5.88. The fraction of sp³-hybridized carbons (Fsp3) is 0.889. The van der Waals surface area contributed by atoms with Crippen LogP contribution in [0, 0.1) is 17.8 Å². The summed E-state index contributed by atoms with van der Waals surface area (Å²) in [6.07, 6.45) is 18.8. The molecule has 0 spiro atoms. The van der Waals surface area contributed by atoms with Crippen molar-refractivity contribution >= 4 is 0 Å². The number of unbranched alkanes of at least 4 members (excludes halogenated alkanes) is 7. The summed E-state index contributed by atoms with van der Waals surface area (Å²) in [6, 6.07) is 0. The van der Waals surface area contributed by atoms with E-state index in [1.807, 2.05) is 0 Å². The summed E-state index contributed by atoms with van der Waals surface area (Å²) in [7, 11) is 0. The molecule has 2 rings (SSSR count). The number of ether oxygens (including phenoxy) is 1. The van der Waals surface area contributed by atoms with Gasteiger partial charge in [0.1, 0.15) is 0 Å². The highest BCUT2D eigenvalue weighted by Crippen LogP contribution is 2.43. The first-order chi connectivity index (χ1) is 9.40. The Morgan fingerprint density at radius 3 is 2.26 bits per heavy atom. The Hall–Kier alpha value is -0.300. The largest absolute Gasteiger partial charge is 0.381 e. The molecular weight excluding hydrogens is 232 g/mol. The van der Waals surface area contributed by atoms with Crippen LogP contribution < -0.4 is 0 Å². The molecule has 0 saturated heterocycles. The van der Waals surface area contributed by atoms with E-state index in [1.54, 1.807) is 0 Å². The van der Waals surface area contributed by atoms with Crippen molar-refractivity contribution in [2.75, 3.05) is 13.2 Å². The Labute approximate surface area is 119 Å². The normalized spacial score (nSPS) is 28.4. The van der Waals surface area contributed by atoms with E-state index in [0.717, 1.165) is 31.0 Å². The molecule has 110 valence electrons. The van der Waals surface area contributed by atoms with E-state index in [2.05, 4.69) is 19.1 Å². The summed E-state index contributed by atoms with van der Waals surface area (Å²) in [5.41, 5.74) is 0. The van der Waals surface area contributed by atoms with Crippen molar-refractivity contribution in [3.05, 3.63) is 12.2 Å². The average molecular weight is 264 g/mol. The van der Waals surface area contributed by atoms with Crippen molar-refractivity contribution in [1.82, 2.24) is 0 Å². The molecule has 1 heteroatoms. The Kier molecular flexibility index (Phi) is 6.98. The Morgan fingerprint density at radius 2 is 1.63 bits per heavy atom. The smallest absolute Gasteiger partial charge is 0.0500 e. The van der Waals surface area contributed by atoms with Gasteiger partial charge >= 0.3 is 0 Å². The van der Waals surface area contributed by atoms with Gasteiger partial charge in [0, 0.05) is 13.2 Å². The quantitative estimate of drug-likeness (QED) is 0.361. The van der Waals surface area contributed by atoms with Crippen LogP contribution in [-0.2, 0) is 4.74 Å². The second-order valence-corrected chi connectivity index (χ2v) is 6.59. The third-order valence-corrected chi connectivity index (χ3v) is 4.89. The topological polar surface area (TPSA) is 9.23 Å². The van der Waals surface area contributed by atoms with E-state index in [1.165, 1.54) is 64.2 Å². The summed E-state index contributed by atoms with van der Waals surface area (Å²) in [5, 5.41) is 0. The molecular formula is C18H32O. The highest BCUT2D eigenvalue weighted by molar-refractivity contribution is 5.09. The third-order valence-electron chi connectivity index (χ3n) is 4.89. The lowest BCUT2D eigenvalue weighted by molar-refractivity contribution is 0.0876. The molecule has 19 heavy (non-hydrogen) atoms. The molecule has 3 unspecified atom stereocenters. The highest BCUT2D eigenvalue weighted by atomic mass is 16.5. The van der Waals surface area contributed by atoms with Crippen LogP contribution in [0.1, 0.15) is 71.1 Å². The SMILES string of the molecule is CCCCCCCCCCOCC1CC2C=CC1C2. The van der Waals surface area contributed by atoms with Gasteiger partial charge < -0.3 is 4.74 Å². The van der Waals surface area contributed by atoms with Crippen LogP contribution in [-0.4, -0.2) is 13.2 Å². The lowest BCUT2D eigenvalue weighted by Crippen LogP contribution is -2.14. The van der Waals surface area contributed by atoms with Crippen molar-refractivity contribution in [3.63, 3.8) is 0 Å². The molecule has 2 aliphatic carbocycles. The molecule has 2 aliphatic rings. The monoisotopic (exact) mass is 264 g/mol. The van der Waals surface area contributed by atoms with E-state index in [0.29, 0.717) is 0 Å².